The van der Waals surface area contributed by atoms with Crippen LogP contribution in [0.4, 0.5) is 5.69 Å². The van der Waals surface area contributed by atoms with Gasteiger partial charge in [-0.3, -0.25) is 4.79 Å². The summed E-state index contributed by atoms with van der Waals surface area (Å²) >= 11 is 0. The number of nitrogens with one attached hydrogen (secondary N) is 1. The molecule has 104 valence electrons. The van der Waals surface area contributed by atoms with Gasteiger partial charge >= 0.3 is 0 Å². The Morgan fingerprint density at radius 2 is 1.90 bits per heavy atom. The van der Waals surface area contributed by atoms with E-state index in [1.54, 1.807) is 16.9 Å². The number of aryl methyl sites for hydroxylation is 1. The highest BCUT2D eigenvalue weighted by Crippen LogP contribution is 2.13. The van der Waals surface area contributed by atoms with Crippen LogP contribution in [0.15, 0.2) is 67.0 Å². The van der Waals surface area contributed by atoms with Gasteiger partial charge in [-0.25, -0.2) is 4.68 Å². The number of carbonyl (C=O) groups excluding carboxylic acids is 1. The Morgan fingerprint density at radius 3 is 2.62 bits per heavy atom. The van der Waals surface area contributed by atoms with Gasteiger partial charge in [-0.05, 0) is 43.3 Å². The minimum absolute atomic E-state index is 0.132. The van der Waals surface area contributed by atoms with Crippen LogP contribution in [0.1, 0.15) is 15.9 Å². The molecular formula is C17H15N3O. The van der Waals surface area contributed by atoms with Crippen molar-refractivity contribution >= 4 is 11.6 Å². The Hall–Kier alpha value is -2.88. The summed E-state index contributed by atoms with van der Waals surface area (Å²) in [5, 5.41) is 7.05. The van der Waals surface area contributed by atoms with Crippen molar-refractivity contribution in [2.24, 2.45) is 0 Å². The van der Waals surface area contributed by atoms with Gasteiger partial charge in [0, 0.05) is 23.6 Å². The first-order chi connectivity index (χ1) is 10.2. The van der Waals surface area contributed by atoms with E-state index in [9.17, 15) is 4.79 Å². The van der Waals surface area contributed by atoms with E-state index in [0.29, 0.717) is 5.56 Å². The second-order valence-electron chi connectivity index (χ2n) is 4.82. The van der Waals surface area contributed by atoms with Crippen LogP contribution in [0.2, 0.25) is 0 Å². The van der Waals surface area contributed by atoms with E-state index < -0.39 is 0 Å². The maximum atomic E-state index is 12.3. The lowest BCUT2D eigenvalue weighted by molar-refractivity contribution is 0.102. The fourth-order valence-corrected chi connectivity index (χ4v) is 2.05. The molecule has 3 aromatic rings. The highest BCUT2D eigenvalue weighted by atomic mass is 16.1. The second-order valence-corrected chi connectivity index (χ2v) is 4.82. The van der Waals surface area contributed by atoms with Crippen LogP contribution in [-0.2, 0) is 0 Å². The summed E-state index contributed by atoms with van der Waals surface area (Å²) in [6, 6.07) is 16.9. The molecule has 0 unspecified atom stereocenters. The number of hydrogen-bond donors (Lipinski definition) is 1. The van der Waals surface area contributed by atoms with Gasteiger partial charge in [0.2, 0.25) is 0 Å². The van der Waals surface area contributed by atoms with E-state index in [1.165, 1.54) is 0 Å². The summed E-state index contributed by atoms with van der Waals surface area (Å²) in [5.74, 6) is -0.132. The van der Waals surface area contributed by atoms with Crippen LogP contribution in [0.3, 0.4) is 0 Å². The molecule has 1 amide bonds. The molecule has 0 bridgehead atoms. The summed E-state index contributed by atoms with van der Waals surface area (Å²) in [4.78, 5) is 12.3. The van der Waals surface area contributed by atoms with Crippen molar-refractivity contribution in [3.05, 3.63) is 78.1 Å². The Morgan fingerprint density at radius 1 is 1.10 bits per heavy atom. The predicted octanol–water partition coefficient (Wildman–Crippen LogP) is 3.43. The third-order valence-electron chi connectivity index (χ3n) is 3.19. The number of aromatic nitrogens is 2. The zero-order chi connectivity index (χ0) is 14.7. The molecule has 0 spiro atoms. The third-order valence-corrected chi connectivity index (χ3v) is 3.19. The van der Waals surface area contributed by atoms with Gasteiger partial charge in [-0.1, -0.05) is 23.8 Å². The van der Waals surface area contributed by atoms with Gasteiger partial charge in [-0.15, -0.1) is 0 Å². The van der Waals surface area contributed by atoms with Crippen molar-refractivity contribution in [2.45, 2.75) is 6.92 Å². The topological polar surface area (TPSA) is 46.9 Å². The second kappa shape index (κ2) is 5.63. The van der Waals surface area contributed by atoms with Gasteiger partial charge in [0.05, 0.1) is 5.69 Å². The van der Waals surface area contributed by atoms with E-state index >= 15 is 0 Å². The lowest BCUT2D eigenvalue weighted by Gasteiger charge is -2.07. The number of rotatable bonds is 3. The zero-order valence-electron chi connectivity index (χ0n) is 11.7. The van der Waals surface area contributed by atoms with Gasteiger partial charge in [-0.2, -0.15) is 5.10 Å². The summed E-state index contributed by atoms with van der Waals surface area (Å²) < 4.78 is 1.72. The average molecular weight is 277 g/mol. The zero-order valence-corrected chi connectivity index (χ0v) is 11.7. The number of benzene rings is 2. The maximum absolute atomic E-state index is 12.3. The fourth-order valence-electron chi connectivity index (χ4n) is 2.05. The highest BCUT2D eigenvalue weighted by Gasteiger charge is 2.07. The van der Waals surface area contributed by atoms with Crippen molar-refractivity contribution in [1.82, 2.24) is 9.78 Å². The average Bonchev–Trinajstić information content (AvgIpc) is 3.04. The molecule has 0 aliphatic carbocycles. The van der Waals surface area contributed by atoms with Crippen molar-refractivity contribution in [3.8, 4) is 5.69 Å². The molecule has 0 aliphatic rings. The number of anilines is 1. The predicted molar refractivity (Wildman–Crippen MR) is 82.7 cm³/mol. The first-order valence-electron chi connectivity index (χ1n) is 6.70. The minimum atomic E-state index is -0.132. The molecule has 0 fully saturated rings. The lowest BCUT2D eigenvalue weighted by Crippen LogP contribution is -2.12. The Bertz CT molecular complexity index is 746. The Kier molecular flexibility index (Phi) is 3.51. The highest BCUT2D eigenvalue weighted by molar-refractivity contribution is 6.04. The van der Waals surface area contributed by atoms with Gasteiger partial charge in [0.15, 0.2) is 0 Å². The monoisotopic (exact) mass is 277 g/mol. The first-order valence-corrected chi connectivity index (χ1v) is 6.70. The van der Waals surface area contributed by atoms with E-state index in [-0.39, 0.29) is 5.91 Å². The normalized spacial score (nSPS) is 10.3. The molecule has 0 saturated carbocycles. The summed E-state index contributed by atoms with van der Waals surface area (Å²) in [6.07, 6.45) is 3.55. The molecule has 3 rings (SSSR count). The lowest BCUT2D eigenvalue weighted by atomic mass is 10.1. The SMILES string of the molecule is Cc1ccc(NC(=O)c2cccc(-n3cccn3)c2)cc1. The number of hydrogen-bond acceptors (Lipinski definition) is 2. The maximum Gasteiger partial charge on any atom is 0.255 e. The molecule has 2 aromatic carbocycles. The van der Waals surface area contributed by atoms with Crippen LogP contribution in [0.5, 0.6) is 0 Å². The fraction of sp³-hybridized carbons (Fsp3) is 0.0588. The van der Waals surface area contributed by atoms with Crippen molar-refractivity contribution in [3.63, 3.8) is 0 Å². The molecule has 1 heterocycles. The van der Waals surface area contributed by atoms with Gasteiger partial charge < -0.3 is 5.32 Å². The summed E-state index contributed by atoms with van der Waals surface area (Å²) in [5.41, 5.74) is 3.41. The molecule has 1 N–H and O–H groups in total. The standard InChI is InChI=1S/C17H15N3O/c1-13-6-8-15(9-7-13)19-17(21)14-4-2-5-16(12-14)20-11-3-10-18-20/h2-12H,1H3,(H,19,21). The smallest absolute Gasteiger partial charge is 0.255 e. The third kappa shape index (κ3) is 3.00. The number of carbonyl (C=O) groups is 1. The Balaban J connectivity index is 1.81. The van der Waals surface area contributed by atoms with E-state index in [2.05, 4.69) is 10.4 Å². The Labute approximate surface area is 123 Å². The molecule has 4 heteroatoms. The van der Waals surface area contributed by atoms with E-state index in [1.807, 2.05) is 61.7 Å². The van der Waals surface area contributed by atoms with Crippen molar-refractivity contribution in [2.75, 3.05) is 5.32 Å². The summed E-state index contributed by atoms with van der Waals surface area (Å²) in [7, 11) is 0. The molecule has 4 nitrogen and oxygen atoms in total. The minimum Gasteiger partial charge on any atom is -0.322 e. The molecule has 1 aromatic heterocycles. The molecule has 0 radical (unpaired) electrons. The van der Waals surface area contributed by atoms with Crippen LogP contribution in [-0.4, -0.2) is 15.7 Å². The van der Waals surface area contributed by atoms with Crippen LogP contribution >= 0.6 is 0 Å². The molecule has 0 saturated heterocycles. The van der Waals surface area contributed by atoms with Gasteiger partial charge in [0.25, 0.3) is 5.91 Å². The quantitative estimate of drug-likeness (QED) is 0.797. The largest absolute Gasteiger partial charge is 0.322 e. The number of amides is 1. The number of nitrogens with zero attached hydrogens (tertiary/aromatic N) is 2. The van der Waals surface area contributed by atoms with E-state index in [4.69, 9.17) is 0 Å². The summed E-state index contributed by atoms with van der Waals surface area (Å²) in [6.45, 7) is 2.01. The van der Waals surface area contributed by atoms with Crippen molar-refractivity contribution < 1.29 is 4.79 Å². The van der Waals surface area contributed by atoms with Crippen LogP contribution in [0.25, 0.3) is 5.69 Å². The first kappa shape index (κ1) is 13.1. The molecule has 0 aliphatic heterocycles. The van der Waals surface area contributed by atoms with Crippen LogP contribution < -0.4 is 5.32 Å². The molecule has 0 atom stereocenters. The van der Waals surface area contributed by atoms with Crippen molar-refractivity contribution in [1.29, 1.82) is 0 Å². The van der Waals surface area contributed by atoms with Crippen LogP contribution in [0, 0.1) is 6.92 Å². The molecular weight excluding hydrogens is 262 g/mol. The van der Waals surface area contributed by atoms with Gasteiger partial charge in [0.1, 0.15) is 0 Å². The molecule has 21 heavy (non-hydrogen) atoms. The van der Waals surface area contributed by atoms with E-state index in [0.717, 1.165) is 16.9 Å².